The summed E-state index contributed by atoms with van der Waals surface area (Å²) in [6.45, 7) is 1.51. The van der Waals surface area contributed by atoms with Gasteiger partial charge in [-0.3, -0.25) is 0 Å². The Morgan fingerprint density at radius 3 is 3.07 bits per heavy atom. The molecule has 1 aromatic heterocycles. The van der Waals surface area contributed by atoms with Crippen molar-refractivity contribution >= 4 is 17.4 Å². The molecule has 0 bridgehead atoms. The van der Waals surface area contributed by atoms with Crippen LogP contribution in [0.1, 0.15) is 60.2 Å². The number of hydrogen-bond acceptors (Lipinski definition) is 4. The third kappa shape index (κ3) is 3.95. The van der Waals surface area contributed by atoms with Crippen LogP contribution in [0.5, 0.6) is 5.75 Å². The van der Waals surface area contributed by atoms with Crippen molar-refractivity contribution in [3.63, 3.8) is 0 Å². The van der Waals surface area contributed by atoms with Crippen LogP contribution in [0.3, 0.4) is 0 Å². The zero-order valence-corrected chi connectivity index (χ0v) is 16.6. The number of nitrogens with one attached hydrogen (secondary N) is 1. The Morgan fingerprint density at radius 1 is 1.33 bits per heavy atom. The molecule has 1 N–H and O–H groups in total. The highest BCUT2D eigenvalue weighted by Gasteiger charge is 2.30. The molecule has 2 aromatic rings. The number of rotatable bonds is 4. The Kier molecular flexibility index (Phi) is 5.62. The number of methoxy groups -OCH3 is 1. The van der Waals surface area contributed by atoms with Crippen molar-refractivity contribution in [2.24, 2.45) is 0 Å². The topological polar surface area (TPSA) is 54.5 Å². The maximum Gasteiger partial charge on any atom is 0.318 e. The third-order valence-electron chi connectivity index (χ3n) is 5.79. The molecule has 0 saturated carbocycles. The van der Waals surface area contributed by atoms with Crippen molar-refractivity contribution in [3.8, 4) is 5.75 Å². The van der Waals surface area contributed by atoms with E-state index in [4.69, 9.17) is 4.74 Å². The van der Waals surface area contributed by atoms with Crippen LogP contribution in [-0.4, -0.2) is 36.1 Å². The minimum absolute atomic E-state index is 0.0514. The number of likely N-dealkylation sites (tertiary alicyclic amines) is 1. The van der Waals surface area contributed by atoms with Gasteiger partial charge in [0.1, 0.15) is 10.8 Å². The van der Waals surface area contributed by atoms with Gasteiger partial charge in [0.05, 0.1) is 13.2 Å². The Bertz CT molecular complexity index is 778. The molecule has 1 aliphatic carbocycles. The van der Waals surface area contributed by atoms with Gasteiger partial charge in [-0.2, -0.15) is 0 Å². The summed E-state index contributed by atoms with van der Waals surface area (Å²) in [6.07, 6.45) is 8.44. The van der Waals surface area contributed by atoms with Crippen molar-refractivity contribution in [2.45, 2.75) is 50.5 Å². The standard InChI is InChI=1S/C21H27N3O2S/c1-26-17-8-9-18-15(13-17)5-4-6-16(18)14-23-21(25)24-11-3-2-7-19(24)20-22-10-12-27-20/h8-10,12-13,16,19H,2-7,11,14H2,1H3,(H,23,25)/t16-,19-/m0/s1. The van der Waals surface area contributed by atoms with E-state index in [0.717, 1.165) is 55.8 Å². The Balaban J connectivity index is 1.42. The monoisotopic (exact) mass is 385 g/mol. The van der Waals surface area contributed by atoms with Gasteiger partial charge in [0.2, 0.25) is 0 Å². The molecule has 2 heterocycles. The first kappa shape index (κ1) is 18.3. The maximum absolute atomic E-state index is 12.9. The second-order valence-corrected chi connectivity index (χ2v) is 8.34. The molecule has 4 rings (SSSR count). The van der Waals surface area contributed by atoms with E-state index < -0.39 is 0 Å². The largest absolute Gasteiger partial charge is 0.497 e. The number of fused-ring (bicyclic) bond motifs is 1. The van der Waals surface area contributed by atoms with Gasteiger partial charge >= 0.3 is 6.03 Å². The second kappa shape index (κ2) is 8.30. The van der Waals surface area contributed by atoms with E-state index in [1.54, 1.807) is 18.4 Å². The quantitative estimate of drug-likeness (QED) is 0.842. The maximum atomic E-state index is 12.9. The fourth-order valence-electron chi connectivity index (χ4n) is 4.37. The first-order chi connectivity index (χ1) is 13.3. The van der Waals surface area contributed by atoms with Gasteiger partial charge < -0.3 is 15.0 Å². The number of thiazole rings is 1. The number of ether oxygens (including phenoxy) is 1. The van der Waals surface area contributed by atoms with Crippen molar-refractivity contribution in [1.82, 2.24) is 15.2 Å². The molecular weight excluding hydrogens is 358 g/mol. The summed E-state index contributed by atoms with van der Waals surface area (Å²) in [5, 5.41) is 6.26. The highest BCUT2D eigenvalue weighted by Crippen LogP contribution is 2.34. The van der Waals surface area contributed by atoms with Gasteiger partial charge in [0.15, 0.2) is 0 Å². The fraction of sp³-hybridized carbons (Fsp3) is 0.524. The van der Waals surface area contributed by atoms with Gasteiger partial charge in [-0.1, -0.05) is 6.07 Å². The van der Waals surface area contributed by atoms with Crippen molar-refractivity contribution < 1.29 is 9.53 Å². The molecule has 0 spiro atoms. The number of hydrogen-bond donors (Lipinski definition) is 1. The normalized spacial score (nSPS) is 22.2. The van der Waals surface area contributed by atoms with Gasteiger partial charge in [0.25, 0.3) is 0 Å². The molecule has 144 valence electrons. The van der Waals surface area contributed by atoms with E-state index in [9.17, 15) is 4.79 Å². The average molecular weight is 386 g/mol. The molecule has 1 aromatic carbocycles. The lowest BCUT2D eigenvalue weighted by molar-refractivity contribution is 0.150. The van der Waals surface area contributed by atoms with Crippen LogP contribution in [0.25, 0.3) is 0 Å². The summed E-state index contributed by atoms with van der Waals surface area (Å²) in [6, 6.07) is 6.52. The molecule has 1 fully saturated rings. The van der Waals surface area contributed by atoms with Crippen LogP contribution in [0.2, 0.25) is 0 Å². The summed E-state index contributed by atoms with van der Waals surface area (Å²) in [4.78, 5) is 19.4. The highest BCUT2D eigenvalue weighted by molar-refractivity contribution is 7.09. The lowest BCUT2D eigenvalue weighted by Gasteiger charge is -2.35. The lowest BCUT2D eigenvalue weighted by atomic mass is 9.82. The molecule has 1 saturated heterocycles. The van der Waals surface area contributed by atoms with E-state index in [0.29, 0.717) is 12.5 Å². The van der Waals surface area contributed by atoms with Crippen LogP contribution in [-0.2, 0) is 6.42 Å². The smallest absolute Gasteiger partial charge is 0.318 e. The zero-order valence-electron chi connectivity index (χ0n) is 15.8. The van der Waals surface area contributed by atoms with Crippen molar-refractivity contribution in [3.05, 3.63) is 45.9 Å². The number of aromatic nitrogens is 1. The summed E-state index contributed by atoms with van der Waals surface area (Å²) >= 11 is 1.65. The number of amides is 2. The summed E-state index contributed by atoms with van der Waals surface area (Å²) in [7, 11) is 1.71. The van der Waals surface area contributed by atoms with Crippen LogP contribution in [0, 0.1) is 0 Å². The molecule has 5 nitrogen and oxygen atoms in total. The zero-order chi connectivity index (χ0) is 18.6. The number of urea groups is 1. The first-order valence-electron chi connectivity index (χ1n) is 9.87. The number of carbonyl (C=O) groups is 1. The lowest BCUT2D eigenvalue weighted by Crippen LogP contribution is -2.45. The highest BCUT2D eigenvalue weighted by atomic mass is 32.1. The minimum Gasteiger partial charge on any atom is -0.497 e. The van der Waals surface area contributed by atoms with Gasteiger partial charge in [-0.25, -0.2) is 9.78 Å². The van der Waals surface area contributed by atoms with E-state index in [-0.39, 0.29) is 12.1 Å². The van der Waals surface area contributed by atoms with Crippen LogP contribution < -0.4 is 10.1 Å². The fourth-order valence-corrected chi connectivity index (χ4v) is 5.16. The minimum atomic E-state index is 0.0514. The Morgan fingerprint density at radius 2 is 2.26 bits per heavy atom. The second-order valence-electron chi connectivity index (χ2n) is 7.42. The molecule has 0 radical (unpaired) electrons. The predicted molar refractivity (Wildman–Crippen MR) is 107 cm³/mol. The molecule has 27 heavy (non-hydrogen) atoms. The van der Waals surface area contributed by atoms with E-state index in [1.165, 1.54) is 11.1 Å². The molecule has 1 aliphatic heterocycles. The predicted octanol–water partition coefficient (Wildman–Crippen LogP) is 4.51. The number of carbonyl (C=O) groups excluding carboxylic acids is 1. The summed E-state index contributed by atoms with van der Waals surface area (Å²) in [5.74, 6) is 1.30. The van der Waals surface area contributed by atoms with Crippen molar-refractivity contribution in [1.29, 1.82) is 0 Å². The third-order valence-corrected chi connectivity index (χ3v) is 6.67. The number of benzene rings is 1. The van der Waals surface area contributed by atoms with Crippen LogP contribution >= 0.6 is 11.3 Å². The van der Waals surface area contributed by atoms with Crippen LogP contribution in [0.15, 0.2) is 29.8 Å². The Hall–Kier alpha value is -2.08. The van der Waals surface area contributed by atoms with E-state index in [2.05, 4.69) is 22.4 Å². The molecular formula is C21H27N3O2S. The molecule has 0 unspecified atom stereocenters. The summed E-state index contributed by atoms with van der Waals surface area (Å²) in [5.41, 5.74) is 2.72. The van der Waals surface area contributed by atoms with E-state index >= 15 is 0 Å². The first-order valence-corrected chi connectivity index (χ1v) is 10.7. The number of nitrogens with zero attached hydrogens (tertiary/aromatic N) is 2. The number of piperidine rings is 1. The average Bonchev–Trinajstić information content (AvgIpc) is 3.26. The van der Waals surface area contributed by atoms with Gasteiger partial charge in [-0.05, 0) is 61.8 Å². The van der Waals surface area contributed by atoms with Gasteiger partial charge in [-0.15, -0.1) is 11.3 Å². The summed E-state index contributed by atoms with van der Waals surface area (Å²) < 4.78 is 5.36. The molecule has 2 amide bonds. The van der Waals surface area contributed by atoms with Gasteiger partial charge in [0, 0.05) is 30.6 Å². The van der Waals surface area contributed by atoms with E-state index in [1.807, 2.05) is 22.5 Å². The van der Waals surface area contributed by atoms with Crippen LogP contribution in [0.4, 0.5) is 4.79 Å². The Labute approximate surface area is 164 Å². The molecule has 2 atom stereocenters. The molecule has 6 heteroatoms. The molecule has 2 aliphatic rings. The number of aryl methyl sites for hydroxylation is 1. The SMILES string of the molecule is COc1ccc2c(c1)CCC[C@H]2CNC(=O)N1CCCC[C@H]1c1nccs1. The van der Waals surface area contributed by atoms with Crippen molar-refractivity contribution in [2.75, 3.05) is 20.2 Å².